The minimum absolute atomic E-state index is 0.191. The molecule has 114 valence electrons. The van der Waals surface area contributed by atoms with Crippen LogP contribution < -0.4 is 16.0 Å². The van der Waals surface area contributed by atoms with Crippen LogP contribution in [0.3, 0.4) is 0 Å². The first kappa shape index (κ1) is 15.5. The summed E-state index contributed by atoms with van der Waals surface area (Å²) in [5.74, 6) is -0.546. The van der Waals surface area contributed by atoms with Crippen LogP contribution >= 0.6 is 0 Å². The summed E-state index contributed by atoms with van der Waals surface area (Å²) in [6.07, 6.45) is 0. The van der Waals surface area contributed by atoms with E-state index in [1.807, 2.05) is 0 Å². The topological polar surface area (TPSA) is 70.2 Å². The summed E-state index contributed by atoms with van der Waals surface area (Å²) in [5.41, 5.74) is 2.27. The number of halogens is 1. The summed E-state index contributed by atoms with van der Waals surface area (Å²) in [5, 5.41) is 7.92. The number of nitrogens with one attached hydrogen (secondary N) is 3. The van der Waals surface area contributed by atoms with E-state index in [1.54, 1.807) is 31.2 Å². The van der Waals surface area contributed by atoms with Gasteiger partial charge in [-0.25, -0.2) is 9.18 Å². The van der Waals surface area contributed by atoms with E-state index in [2.05, 4.69) is 16.0 Å². The lowest BCUT2D eigenvalue weighted by molar-refractivity contribution is -0.114. The maximum absolute atomic E-state index is 13.0. The molecule has 0 unspecified atom stereocenters. The van der Waals surface area contributed by atoms with Gasteiger partial charge in [-0.3, -0.25) is 4.79 Å². The molecule has 3 amide bonds. The van der Waals surface area contributed by atoms with Gasteiger partial charge in [-0.15, -0.1) is 0 Å². The highest BCUT2D eigenvalue weighted by Gasteiger charge is 2.06. The molecular weight excluding hydrogens is 285 g/mol. The second-order valence-electron chi connectivity index (χ2n) is 4.80. The molecule has 0 aromatic heterocycles. The number of hydrogen-bond donors (Lipinski definition) is 3. The van der Waals surface area contributed by atoms with Gasteiger partial charge in [-0.1, -0.05) is 6.07 Å². The van der Waals surface area contributed by atoms with Crippen molar-refractivity contribution in [3.63, 3.8) is 0 Å². The van der Waals surface area contributed by atoms with Crippen LogP contribution in [0.5, 0.6) is 0 Å². The van der Waals surface area contributed by atoms with Gasteiger partial charge in [0.2, 0.25) is 5.91 Å². The molecule has 0 spiro atoms. The zero-order chi connectivity index (χ0) is 16.1. The molecule has 0 saturated heterocycles. The summed E-state index contributed by atoms with van der Waals surface area (Å²) in [7, 11) is 0. The van der Waals surface area contributed by atoms with E-state index < -0.39 is 6.03 Å². The molecule has 0 aliphatic rings. The molecular formula is C16H16FN3O2. The zero-order valence-electron chi connectivity index (χ0n) is 12.2. The van der Waals surface area contributed by atoms with Gasteiger partial charge in [0.05, 0.1) is 0 Å². The monoisotopic (exact) mass is 301 g/mol. The summed E-state index contributed by atoms with van der Waals surface area (Å²) in [6, 6.07) is 10.4. The van der Waals surface area contributed by atoms with Crippen molar-refractivity contribution in [2.45, 2.75) is 13.8 Å². The second-order valence-corrected chi connectivity index (χ2v) is 4.80. The quantitative estimate of drug-likeness (QED) is 0.808. The third-order valence-electron chi connectivity index (χ3n) is 2.88. The highest BCUT2D eigenvalue weighted by molar-refractivity contribution is 6.00. The van der Waals surface area contributed by atoms with Crippen LogP contribution in [0.4, 0.5) is 26.2 Å². The summed E-state index contributed by atoms with van der Waals surface area (Å²) in [4.78, 5) is 23.0. The Labute approximate surface area is 127 Å². The largest absolute Gasteiger partial charge is 0.326 e. The molecule has 2 aromatic carbocycles. The Hall–Kier alpha value is -2.89. The van der Waals surface area contributed by atoms with Crippen molar-refractivity contribution in [1.82, 2.24) is 0 Å². The molecule has 0 atom stereocenters. The summed E-state index contributed by atoms with van der Waals surface area (Å²) >= 11 is 0. The van der Waals surface area contributed by atoms with Gasteiger partial charge >= 0.3 is 6.03 Å². The molecule has 0 radical (unpaired) electrons. The highest BCUT2D eigenvalue weighted by Crippen LogP contribution is 2.18. The zero-order valence-corrected chi connectivity index (χ0v) is 12.2. The molecule has 6 heteroatoms. The molecule has 0 saturated carbocycles. The van der Waals surface area contributed by atoms with Gasteiger partial charge in [0.1, 0.15) is 5.82 Å². The Kier molecular flexibility index (Phi) is 4.73. The van der Waals surface area contributed by atoms with Crippen LogP contribution in [0.2, 0.25) is 0 Å². The van der Waals surface area contributed by atoms with Crippen LogP contribution in [0.15, 0.2) is 42.5 Å². The van der Waals surface area contributed by atoms with Crippen molar-refractivity contribution < 1.29 is 14.0 Å². The highest BCUT2D eigenvalue weighted by atomic mass is 19.1. The Morgan fingerprint density at radius 3 is 2.27 bits per heavy atom. The molecule has 2 aromatic rings. The van der Waals surface area contributed by atoms with Gasteiger partial charge in [-0.2, -0.15) is 0 Å². The number of benzene rings is 2. The van der Waals surface area contributed by atoms with Gasteiger partial charge in [-0.05, 0) is 48.9 Å². The number of amides is 3. The fourth-order valence-electron chi connectivity index (χ4n) is 1.93. The van der Waals surface area contributed by atoms with E-state index in [9.17, 15) is 14.0 Å². The van der Waals surface area contributed by atoms with E-state index >= 15 is 0 Å². The number of rotatable bonds is 3. The fraction of sp³-hybridized carbons (Fsp3) is 0.125. The number of hydrogen-bond acceptors (Lipinski definition) is 2. The average molecular weight is 301 g/mol. The predicted octanol–water partition coefficient (Wildman–Crippen LogP) is 3.74. The summed E-state index contributed by atoms with van der Waals surface area (Å²) < 4.78 is 13.0. The van der Waals surface area contributed by atoms with Crippen LogP contribution in [0, 0.1) is 12.7 Å². The molecule has 0 heterocycles. The van der Waals surface area contributed by atoms with Crippen molar-refractivity contribution in [3.8, 4) is 0 Å². The third-order valence-corrected chi connectivity index (χ3v) is 2.88. The molecule has 2 rings (SSSR count). The van der Waals surface area contributed by atoms with Crippen molar-refractivity contribution in [3.05, 3.63) is 53.8 Å². The summed E-state index contributed by atoms with van der Waals surface area (Å²) in [6.45, 7) is 3.11. The predicted molar refractivity (Wildman–Crippen MR) is 84.5 cm³/mol. The lowest BCUT2D eigenvalue weighted by Crippen LogP contribution is -2.20. The molecule has 3 N–H and O–H groups in total. The van der Waals surface area contributed by atoms with Crippen molar-refractivity contribution >= 4 is 29.0 Å². The first-order valence-electron chi connectivity index (χ1n) is 6.66. The number of carbonyl (C=O) groups is 2. The molecule has 0 aliphatic heterocycles. The van der Waals surface area contributed by atoms with Crippen LogP contribution in [0.1, 0.15) is 12.5 Å². The first-order chi connectivity index (χ1) is 10.4. The Balaban J connectivity index is 2.04. The van der Waals surface area contributed by atoms with Crippen molar-refractivity contribution in [1.29, 1.82) is 0 Å². The van der Waals surface area contributed by atoms with Crippen LogP contribution in [-0.4, -0.2) is 11.9 Å². The maximum Gasteiger partial charge on any atom is 0.323 e. The van der Waals surface area contributed by atoms with Crippen LogP contribution in [0.25, 0.3) is 0 Å². The molecule has 0 fully saturated rings. The SMILES string of the molecule is CC(=O)Nc1cccc(NC(=O)Nc2ccc(F)cc2C)c1. The second kappa shape index (κ2) is 6.71. The van der Waals surface area contributed by atoms with Crippen LogP contribution in [-0.2, 0) is 4.79 Å². The molecule has 22 heavy (non-hydrogen) atoms. The van der Waals surface area contributed by atoms with Gasteiger partial charge in [0.25, 0.3) is 0 Å². The van der Waals surface area contributed by atoms with E-state index in [0.29, 0.717) is 22.6 Å². The van der Waals surface area contributed by atoms with Gasteiger partial charge in [0.15, 0.2) is 0 Å². The van der Waals surface area contributed by atoms with E-state index in [-0.39, 0.29) is 11.7 Å². The maximum atomic E-state index is 13.0. The Morgan fingerprint density at radius 2 is 1.64 bits per heavy atom. The van der Waals surface area contributed by atoms with E-state index in [0.717, 1.165) is 0 Å². The Bertz CT molecular complexity index is 716. The van der Waals surface area contributed by atoms with Gasteiger partial charge in [0, 0.05) is 24.0 Å². The minimum atomic E-state index is -0.449. The van der Waals surface area contributed by atoms with E-state index in [1.165, 1.54) is 25.1 Å². The molecule has 0 bridgehead atoms. The number of anilines is 3. The number of aryl methyl sites for hydroxylation is 1. The minimum Gasteiger partial charge on any atom is -0.326 e. The standard InChI is InChI=1S/C16H16FN3O2/c1-10-8-12(17)6-7-15(10)20-16(22)19-14-5-3-4-13(9-14)18-11(2)21/h3-9H,1-2H3,(H,18,21)(H2,19,20,22). The Morgan fingerprint density at radius 1 is 0.955 bits per heavy atom. The van der Waals surface area contributed by atoms with Crippen molar-refractivity contribution in [2.75, 3.05) is 16.0 Å². The number of urea groups is 1. The lowest BCUT2D eigenvalue weighted by atomic mass is 10.2. The van der Waals surface area contributed by atoms with E-state index in [4.69, 9.17) is 0 Å². The third kappa shape index (κ3) is 4.31. The smallest absolute Gasteiger partial charge is 0.323 e. The lowest BCUT2D eigenvalue weighted by Gasteiger charge is -2.11. The normalized spacial score (nSPS) is 9.95. The average Bonchev–Trinajstić information content (AvgIpc) is 2.41. The molecule has 0 aliphatic carbocycles. The molecule has 5 nitrogen and oxygen atoms in total. The fourth-order valence-corrected chi connectivity index (χ4v) is 1.93. The van der Waals surface area contributed by atoms with Gasteiger partial charge < -0.3 is 16.0 Å². The first-order valence-corrected chi connectivity index (χ1v) is 6.66. The number of carbonyl (C=O) groups excluding carboxylic acids is 2. The van der Waals surface area contributed by atoms with Crippen molar-refractivity contribution in [2.24, 2.45) is 0 Å².